The van der Waals surface area contributed by atoms with E-state index >= 15 is 0 Å². The average Bonchev–Trinajstić information content (AvgIpc) is 3.09. The molecule has 0 unspecified atom stereocenters. The maximum absolute atomic E-state index is 13.4. The molecule has 3 rings (SSSR count). The Bertz CT molecular complexity index is 1080. The molecule has 176 valence electrons. The molecule has 1 aliphatic rings. The van der Waals surface area contributed by atoms with Gasteiger partial charge < -0.3 is 29.5 Å². The first-order valence-electron chi connectivity index (χ1n) is 9.70. The number of nitrogens with zero attached hydrogens (tertiary/aromatic N) is 1. The van der Waals surface area contributed by atoms with E-state index in [1.165, 1.54) is 12.0 Å². The summed E-state index contributed by atoms with van der Waals surface area (Å²) in [5, 5.41) is 11.8. The van der Waals surface area contributed by atoms with E-state index in [1.807, 2.05) is 0 Å². The van der Waals surface area contributed by atoms with Crippen LogP contribution in [0.25, 0.3) is 0 Å². The molecule has 0 fully saturated rings. The van der Waals surface area contributed by atoms with Gasteiger partial charge in [0, 0.05) is 6.54 Å². The van der Waals surface area contributed by atoms with E-state index in [-0.39, 0.29) is 48.2 Å². The second-order valence-electron chi connectivity index (χ2n) is 6.88. The Hall–Kier alpha value is -3.73. The van der Waals surface area contributed by atoms with Crippen molar-refractivity contribution in [2.75, 3.05) is 39.2 Å². The van der Waals surface area contributed by atoms with Gasteiger partial charge in [0.1, 0.15) is 5.70 Å². The molecule has 0 bridgehead atoms. The van der Waals surface area contributed by atoms with Crippen LogP contribution < -0.4 is 14.8 Å². The zero-order valence-corrected chi connectivity index (χ0v) is 17.7. The molecule has 1 amide bonds. The highest BCUT2D eigenvalue weighted by Gasteiger charge is 2.36. The lowest BCUT2D eigenvalue weighted by atomic mass is 10.1. The topological polar surface area (TPSA) is 97.3 Å². The van der Waals surface area contributed by atoms with Gasteiger partial charge in [-0.05, 0) is 30.3 Å². The number of para-hydroxylation sites is 2. The number of nitrogens with one attached hydrogen (secondary N) is 1. The molecule has 0 aliphatic carbocycles. The molecular formula is C22H21F3N2O6. The van der Waals surface area contributed by atoms with Crippen LogP contribution in [0.2, 0.25) is 0 Å². The number of carbonyl (C=O) groups excluding carboxylic acids is 2. The van der Waals surface area contributed by atoms with Gasteiger partial charge in [-0.3, -0.25) is 4.79 Å². The second-order valence-corrected chi connectivity index (χ2v) is 6.88. The summed E-state index contributed by atoms with van der Waals surface area (Å²) in [5.74, 6) is -0.985. The summed E-state index contributed by atoms with van der Waals surface area (Å²) in [4.78, 5) is 26.2. The maximum Gasteiger partial charge on any atom is 0.416 e. The molecule has 2 N–H and O–H groups in total. The van der Waals surface area contributed by atoms with Crippen molar-refractivity contribution in [2.45, 2.75) is 6.18 Å². The van der Waals surface area contributed by atoms with E-state index in [2.05, 4.69) is 5.32 Å². The van der Waals surface area contributed by atoms with Gasteiger partial charge >= 0.3 is 12.1 Å². The number of alkyl halides is 3. The number of aliphatic hydroxyl groups is 1. The highest BCUT2D eigenvalue weighted by atomic mass is 19.4. The third-order valence-electron chi connectivity index (χ3n) is 4.81. The fourth-order valence-corrected chi connectivity index (χ4v) is 3.20. The number of hydrogen-bond acceptors (Lipinski definition) is 7. The molecule has 0 atom stereocenters. The summed E-state index contributed by atoms with van der Waals surface area (Å²) in [6.07, 6.45) is -4.67. The third-order valence-corrected chi connectivity index (χ3v) is 4.81. The van der Waals surface area contributed by atoms with Gasteiger partial charge in [-0.1, -0.05) is 12.1 Å². The molecule has 0 spiro atoms. The first-order chi connectivity index (χ1) is 15.7. The predicted octanol–water partition coefficient (Wildman–Crippen LogP) is 3.18. The number of rotatable bonds is 8. The first kappa shape index (κ1) is 23.9. The van der Waals surface area contributed by atoms with Gasteiger partial charge in [-0.15, -0.1) is 0 Å². The number of methoxy groups -OCH3 is 2. The minimum Gasteiger partial charge on any atom is -0.493 e. The van der Waals surface area contributed by atoms with Crippen molar-refractivity contribution in [2.24, 2.45) is 0 Å². The average molecular weight is 466 g/mol. The largest absolute Gasteiger partial charge is 0.493 e. The summed E-state index contributed by atoms with van der Waals surface area (Å²) in [5.41, 5.74) is -1.54. The number of amides is 1. The second kappa shape index (κ2) is 9.82. The number of aliphatic hydroxyl groups excluding tert-OH is 1. The number of benzene rings is 2. The Morgan fingerprint density at radius 2 is 1.82 bits per heavy atom. The van der Waals surface area contributed by atoms with Crippen molar-refractivity contribution in [3.8, 4) is 17.2 Å². The number of β-amino-alcohol motifs (C(OH)–C–C–N with tert-alkyl or cyclic N) is 1. The van der Waals surface area contributed by atoms with Gasteiger partial charge in [-0.2, -0.15) is 13.2 Å². The predicted molar refractivity (Wildman–Crippen MR) is 111 cm³/mol. The van der Waals surface area contributed by atoms with Crippen LogP contribution in [-0.4, -0.2) is 55.8 Å². The summed E-state index contributed by atoms with van der Waals surface area (Å²) in [7, 11) is 2.53. The van der Waals surface area contributed by atoms with Gasteiger partial charge in [-0.25, -0.2) is 4.79 Å². The quantitative estimate of drug-likeness (QED) is 0.577. The summed E-state index contributed by atoms with van der Waals surface area (Å²) in [6.45, 7) is -0.604. The molecule has 1 heterocycles. The van der Waals surface area contributed by atoms with Crippen molar-refractivity contribution < 1.29 is 42.1 Å². The summed E-state index contributed by atoms with van der Waals surface area (Å²) < 4.78 is 55.8. The smallest absolute Gasteiger partial charge is 0.416 e. The van der Waals surface area contributed by atoms with Crippen molar-refractivity contribution in [1.82, 2.24) is 4.90 Å². The highest BCUT2D eigenvalue weighted by molar-refractivity contribution is 6.08. The molecule has 2 aromatic carbocycles. The highest BCUT2D eigenvalue weighted by Crippen LogP contribution is 2.40. The van der Waals surface area contributed by atoms with Gasteiger partial charge in [0.05, 0.1) is 44.2 Å². The lowest BCUT2D eigenvalue weighted by Gasteiger charge is -2.18. The Kier molecular flexibility index (Phi) is 7.12. The van der Waals surface area contributed by atoms with E-state index in [0.717, 1.165) is 25.3 Å². The fraction of sp³-hybridized carbons (Fsp3) is 0.273. The number of esters is 1. The summed E-state index contributed by atoms with van der Waals surface area (Å²) >= 11 is 0. The van der Waals surface area contributed by atoms with Crippen LogP contribution in [0.1, 0.15) is 5.56 Å². The van der Waals surface area contributed by atoms with Crippen LogP contribution in [0.4, 0.5) is 18.9 Å². The van der Waals surface area contributed by atoms with Crippen LogP contribution in [0.15, 0.2) is 53.7 Å². The lowest BCUT2D eigenvalue weighted by molar-refractivity contribution is -0.138. The van der Waals surface area contributed by atoms with Crippen molar-refractivity contribution >= 4 is 17.6 Å². The molecule has 33 heavy (non-hydrogen) atoms. The Balaban J connectivity index is 2.07. The molecule has 0 aromatic heterocycles. The van der Waals surface area contributed by atoms with Gasteiger partial charge in [0.2, 0.25) is 0 Å². The first-order valence-corrected chi connectivity index (χ1v) is 9.70. The zero-order chi connectivity index (χ0) is 24.2. The number of hydrogen-bond donors (Lipinski definition) is 2. The number of anilines is 1. The normalized spacial score (nSPS) is 13.9. The summed E-state index contributed by atoms with van der Waals surface area (Å²) in [6, 6.07) is 9.22. The Morgan fingerprint density at radius 1 is 1.12 bits per heavy atom. The molecule has 1 aliphatic heterocycles. The SMILES string of the molecule is COC(=O)C1=C(Nc2cc(C(F)(F)F)ccc2Oc2ccccc2OC)C(=O)N(CCO)C1. The molecule has 11 heteroatoms. The van der Waals surface area contributed by atoms with E-state index in [4.69, 9.17) is 14.2 Å². The molecule has 0 saturated heterocycles. The van der Waals surface area contributed by atoms with Gasteiger partial charge in [0.25, 0.3) is 5.91 Å². The van der Waals surface area contributed by atoms with E-state index in [9.17, 15) is 27.9 Å². The van der Waals surface area contributed by atoms with E-state index in [1.54, 1.807) is 24.3 Å². The van der Waals surface area contributed by atoms with Crippen LogP contribution >= 0.6 is 0 Å². The number of carbonyl (C=O) groups is 2. The molecule has 2 aromatic rings. The van der Waals surface area contributed by atoms with Crippen molar-refractivity contribution in [1.29, 1.82) is 0 Å². The molecule has 8 nitrogen and oxygen atoms in total. The van der Waals surface area contributed by atoms with Crippen LogP contribution in [0, 0.1) is 0 Å². The van der Waals surface area contributed by atoms with Crippen molar-refractivity contribution in [3.05, 3.63) is 59.3 Å². The Labute approximate surface area is 187 Å². The van der Waals surface area contributed by atoms with Crippen LogP contribution in [0.5, 0.6) is 17.2 Å². The fourth-order valence-electron chi connectivity index (χ4n) is 3.20. The lowest BCUT2D eigenvalue weighted by Crippen LogP contribution is -2.31. The minimum atomic E-state index is -4.67. The monoisotopic (exact) mass is 466 g/mol. The molecular weight excluding hydrogens is 445 g/mol. The maximum atomic E-state index is 13.4. The van der Waals surface area contributed by atoms with Crippen molar-refractivity contribution in [3.63, 3.8) is 0 Å². The van der Waals surface area contributed by atoms with Crippen LogP contribution in [-0.2, 0) is 20.5 Å². The molecule has 0 saturated carbocycles. The third kappa shape index (κ3) is 5.20. The Morgan fingerprint density at radius 3 is 2.42 bits per heavy atom. The standard InChI is InChI=1S/C22H21F3N2O6/c1-31-17-5-3-4-6-18(17)33-16-8-7-13(22(23,24)25)11-15(16)26-19-14(21(30)32-2)12-27(9-10-28)20(19)29/h3-8,11,26,28H,9-10,12H2,1-2H3. The van der Waals surface area contributed by atoms with E-state index < -0.39 is 23.6 Å². The number of ether oxygens (including phenoxy) is 3. The molecule has 0 radical (unpaired) electrons. The van der Waals surface area contributed by atoms with Gasteiger partial charge in [0.15, 0.2) is 17.2 Å². The minimum absolute atomic E-state index is 0.0439. The van der Waals surface area contributed by atoms with Crippen LogP contribution in [0.3, 0.4) is 0 Å². The van der Waals surface area contributed by atoms with E-state index in [0.29, 0.717) is 5.75 Å². The number of halogens is 3. The zero-order valence-electron chi connectivity index (χ0n) is 17.7.